The van der Waals surface area contributed by atoms with Gasteiger partial charge in [-0.3, -0.25) is 9.59 Å². The molecule has 0 bridgehead atoms. The van der Waals surface area contributed by atoms with Crippen LogP contribution in [0.5, 0.6) is 0 Å². The fraction of sp³-hybridized carbons (Fsp3) is 0.500. The van der Waals surface area contributed by atoms with Gasteiger partial charge in [0.05, 0.1) is 17.8 Å². The minimum absolute atomic E-state index is 0.0520. The normalized spacial score (nSPS) is 27.2. The Morgan fingerprint density at radius 2 is 2.16 bits per heavy atom. The van der Waals surface area contributed by atoms with Crippen LogP contribution in [0, 0.1) is 5.92 Å². The Morgan fingerprint density at radius 3 is 2.74 bits per heavy atom. The highest BCUT2D eigenvalue weighted by Crippen LogP contribution is 2.43. The van der Waals surface area contributed by atoms with Crippen molar-refractivity contribution in [1.29, 1.82) is 0 Å². The monoisotopic (exact) mass is 464 g/mol. The number of carboxylic acid groups (broad SMARTS) is 1. The molecule has 1 heterocycles. The first-order valence-electron chi connectivity index (χ1n) is 10.8. The Morgan fingerprint density at radius 1 is 1.39 bits per heavy atom. The van der Waals surface area contributed by atoms with Crippen LogP contribution in [0.25, 0.3) is 0 Å². The average molecular weight is 465 g/mol. The summed E-state index contributed by atoms with van der Waals surface area (Å²) in [7, 11) is 1.87. The zero-order valence-corrected chi connectivity index (χ0v) is 19.4. The smallest absolute Gasteiger partial charge is 0.304 e. The van der Waals surface area contributed by atoms with Gasteiger partial charge in [-0.2, -0.15) is 0 Å². The molecule has 1 amide bonds. The van der Waals surface area contributed by atoms with Gasteiger partial charge in [-0.1, -0.05) is 48.9 Å². The Kier molecular flexibility index (Phi) is 8.20. The molecular weight excluding hydrogens is 435 g/mol. The van der Waals surface area contributed by atoms with Crippen molar-refractivity contribution in [2.75, 3.05) is 13.6 Å². The minimum Gasteiger partial charge on any atom is -0.481 e. The van der Waals surface area contributed by atoms with E-state index >= 15 is 0 Å². The Labute approximate surface area is 194 Å². The van der Waals surface area contributed by atoms with Crippen LogP contribution in [-0.2, 0) is 9.59 Å². The number of carbonyl (C=O) groups is 2. The number of aliphatic carboxylic acids is 1. The number of amides is 1. The number of piperidine rings is 1. The molecule has 1 aliphatic carbocycles. The standard InChI is InChI=1S/C24H30Cl2N2O3/c1-3-20(14-27-2)28-23(15-7-9-18(25)10-8-15)21(16-5-4-6-19(26)11-16)12-17(24(28)31)13-22(29)30/h4-9,11,17-18,20-21,23,27H,3,10,12-14H2,1-2H3,(H,29,30). The summed E-state index contributed by atoms with van der Waals surface area (Å²) < 4.78 is 0. The molecule has 7 heteroatoms. The van der Waals surface area contributed by atoms with Gasteiger partial charge in [-0.25, -0.2) is 0 Å². The zero-order chi connectivity index (χ0) is 22.5. The van der Waals surface area contributed by atoms with Crippen molar-refractivity contribution in [2.24, 2.45) is 5.92 Å². The van der Waals surface area contributed by atoms with Gasteiger partial charge in [-0.15, -0.1) is 11.6 Å². The summed E-state index contributed by atoms with van der Waals surface area (Å²) >= 11 is 12.6. The Balaban J connectivity index is 2.12. The number of hydrogen-bond acceptors (Lipinski definition) is 3. The number of halogens is 2. The van der Waals surface area contributed by atoms with Gasteiger partial charge >= 0.3 is 5.97 Å². The van der Waals surface area contributed by atoms with Crippen LogP contribution in [0.1, 0.15) is 44.1 Å². The first kappa shape index (κ1) is 23.8. The quantitative estimate of drug-likeness (QED) is 0.551. The summed E-state index contributed by atoms with van der Waals surface area (Å²) in [5, 5.41) is 13.2. The third-order valence-corrected chi connectivity index (χ3v) is 6.80. The lowest BCUT2D eigenvalue weighted by Crippen LogP contribution is -2.58. The number of alkyl halides is 1. The van der Waals surface area contributed by atoms with E-state index in [-0.39, 0.29) is 35.7 Å². The molecule has 2 N–H and O–H groups in total. The topological polar surface area (TPSA) is 69.6 Å². The van der Waals surface area contributed by atoms with E-state index in [2.05, 4.69) is 18.3 Å². The maximum Gasteiger partial charge on any atom is 0.304 e. The summed E-state index contributed by atoms with van der Waals surface area (Å²) in [6.45, 7) is 2.69. The van der Waals surface area contributed by atoms with Crippen LogP contribution in [0.15, 0.2) is 48.1 Å². The van der Waals surface area contributed by atoms with Gasteiger partial charge in [0.1, 0.15) is 0 Å². The molecule has 3 rings (SSSR count). The van der Waals surface area contributed by atoms with Gasteiger partial charge in [0.15, 0.2) is 0 Å². The van der Waals surface area contributed by atoms with Crippen molar-refractivity contribution < 1.29 is 14.7 Å². The Hall–Kier alpha value is -1.82. The number of rotatable bonds is 8. The van der Waals surface area contributed by atoms with Gasteiger partial charge in [0.2, 0.25) is 5.91 Å². The SMILES string of the molecule is CCC(CNC)N1C(=O)C(CC(=O)O)CC(c2cccc(Cl)c2)C1C1=CCC(Cl)C=C1. The zero-order valence-electron chi connectivity index (χ0n) is 17.9. The maximum atomic E-state index is 13.6. The molecule has 5 atom stereocenters. The van der Waals surface area contributed by atoms with Crippen molar-refractivity contribution in [3.8, 4) is 0 Å². The highest BCUT2D eigenvalue weighted by molar-refractivity contribution is 6.30. The number of carbonyl (C=O) groups excluding carboxylic acids is 1. The summed E-state index contributed by atoms with van der Waals surface area (Å²) in [5.41, 5.74) is 2.07. The first-order valence-corrected chi connectivity index (χ1v) is 11.6. The number of allylic oxidation sites excluding steroid dienone is 2. The average Bonchev–Trinajstić information content (AvgIpc) is 2.74. The number of carboxylic acids is 1. The number of likely N-dealkylation sites (tertiary alicyclic amines) is 1. The van der Waals surface area contributed by atoms with Crippen LogP contribution in [0.4, 0.5) is 0 Å². The van der Waals surface area contributed by atoms with Gasteiger partial charge in [0.25, 0.3) is 0 Å². The van der Waals surface area contributed by atoms with Crippen LogP contribution in [0.3, 0.4) is 0 Å². The minimum atomic E-state index is -0.954. The second-order valence-corrected chi connectivity index (χ2v) is 9.31. The van der Waals surface area contributed by atoms with Gasteiger partial charge in [0, 0.05) is 29.4 Å². The van der Waals surface area contributed by atoms with E-state index in [4.69, 9.17) is 23.2 Å². The van der Waals surface area contributed by atoms with Crippen LogP contribution >= 0.6 is 23.2 Å². The number of hydrogen-bond donors (Lipinski definition) is 2. The molecule has 5 nitrogen and oxygen atoms in total. The number of nitrogens with zero attached hydrogens (tertiary/aromatic N) is 1. The highest BCUT2D eigenvalue weighted by atomic mass is 35.5. The third kappa shape index (κ3) is 5.51. The molecule has 5 unspecified atom stereocenters. The van der Waals surface area contributed by atoms with Gasteiger partial charge in [-0.05, 0) is 49.6 Å². The molecule has 0 aromatic heterocycles. The summed E-state index contributed by atoms with van der Waals surface area (Å²) in [6, 6.07) is 7.44. The molecule has 1 aliphatic heterocycles. The van der Waals surface area contributed by atoms with E-state index in [0.29, 0.717) is 24.4 Å². The van der Waals surface area contributed by atoms with Crippen molar-refractivity contribution >= 4 is 35.1 Å². The largest absolute Gasteiger partial charge is 0.481 e. The lowest BCUT2D eigenvalue weighted by atomic mass is 9.73. The number of likely N-dealkylation sites (N-methyl/N-ethyl adjacent to an activating group) is 1. The van der Waals surface area contributed by atoms with Gasteiger partial charge < -0.3 is 15.3 Å². The molecule has 2 aliphatic rings. The second kappa shape index (κ2) is 10.7. The van der Waals surface area contributed by atoms with E-state index in [1.807, 2.05) is 48.4 Å². The lowest BCUT2D eigenvalue weighted by molar-refractivity contribution is -0.151. The van der Waals surface area contributed by atoms with Crippen LogP contribution < -0.4 is 5.32 Å². The molecule has 0 radical (unpaired) electrons. The highest BCUT2D eigenvalue weighted by Gasteiger charge is 2.46. The molecule has 0 spiro atoms. The molecule has 1 aromatic carbocycles. The van der Waals surface area contributed by atoms with Crippen molar-refractivity contribution in [3.63, 3.8) is 0 Å². The van der Waals surface area contributed by atoms with Crippen LogP contribution in [0.2, 0.25) is 5.02 Å². The van der Waals surface area contributed by atoms with Crippen molar-refractivity contribution in [1.82, 2.24) is 10.2 Å². The third-order valence-electron chi connectivity index (χ3n) is 6.24. The molecule has 31 heavy (non-hydrogen) atoms. The number of nitrogens with one attached hydrogen (secondary N) is 1. The van der Waals surface area contributed by atoms with Crippen molar-refractivity contribution in [2.45, 2.75) is 56.0 Å². The summed E-state index contributed by atoms with van der Waals surface area (Å²) in [4.78, 5) is 27.1. The lowest BCUT2D eigenvalue weighted by Gasteiger charge is -2.49. The van der Waals surface area contributed by atoms with E-state index in [1.54, 1.807) is 0 Å². The Bertz CT molecular complexity index is 870. The molecular formula is C24H30Cl2N2O3. The van der Waals surface area contributed by atoms with E-state index in [1.165, 1.54) is 0 Å². The van der Waals surface area contributed by atoms with Crippen molar-refractivity contribution in [3.05, 3.63) is 58.7 Å². The first-order chi connectivity index (χ1) is 14.8. The van der Waals surface area contributed by atoms with E-state index in [9.17, 15) is 14.7 Å². The molecule has 1 saturated heterocycles. The fourth-order valence-corrected chi connectivity index (χ4v) is 5.18. The summed E-state index contributed by atoms with van der Waals surface area (Å²) in [6.07, 6.45) is 7.87. The van der Waals surface area contributed by atoms with E-state index < -0.39 is 11.9 Å². The molecule has 0 saturated carbocycles. The molecule has 168 valence electrons. The predicted molar refractivity (Wildman–Crippen MR) is 125 cm³/mol. The maximum absolute atomic E-state index is 13.6. The second-order valence-electron chi connectivity index (χ2n) is 8.32. The number of benzene rings is 1. The fourth-order valence-electron chi connectivity index (χ4n) is 4.82. The summed E-state index contributed by atoms with van der Waals surface area (Å²) in [5.74, 6) is -1.67. The van der Waals surface area contributed by atoms with Crippen LogP contribution in [-0.4, -0.2) is 52.9 Å². The molecule has 1 aromatic rings. The predicted octanol–water partition coefficient (Wildman–Crippen LogP) is 4.61. The van der Waals surface area contributed by atoms with E-state index in [0.717, 1.165) is 17.6 Å². The molecule has 1 fully saturated rings.